The normalized spacial score (nSPS) is 12.4. The summed E-state index contributed by atoms with van der Waals surface area (Å²) in [4.78, 5) is 0. The van der Waals surface area contributed by atoms with Crippen LogP contribution in [0.3, 0.4) is 0 Å². The van der Waals surface area contributed by atoms with E-state index in [1.807, 2.05) is 13.1 Å². The molecule has 0 saturated carbocycles. The summed E-state index contributed by atoms with van der Waals surface area (Å²) in [5, 5.41) is 4.19. The Balaban J connectivity index is 2.24. The molecular formula is C17H20ClN. The van der Waals surface area contributed by atoms with Gasteiger partial charge in [0.15, 0.2) is 0 Å². The molecule has 100 valence electrons. The van der Waals surface area contributed by atoms with E-state index in [9.17, 15) is 0 Å². The van der Waals surface area contributed by atoms with Crippen molar-refractivity contribution in [1.29, 1.82) is 0 Å². The highest BCUT2D eigenvalue weighted by Crippen LogP contribution is 2.24. The topological polar surface area (TPSA) is 12.0 Å². The predicted molar refractivity (Wildman–Crippen MR) is 82.9 cm³/mol. The van der Waals surface area contributed by atoms with Crippen LogP contribution in [0.5, 0.6) is 0 Å². The fourth-order valence-electron chi connectivity index (χ4n) is 2.31. The van der Waals surface area contributed by atoms with E-state index >= 15 is 0 Å². The summed E-state index contributed by atoms with van der Waals surface area (Å²) in [5.41, 5.74) is 5.18. The summed E-state index contributed by atoms with van der Waals surface area (Å²) in [5.74, 6) is 0. The van der Waals surface area contributed by atoms with Crippen LogP contribution in [0.2, 0.25) is 5.02 Å². The second-order valence-corrected chi connectivity index (χ2v) is 5.47. The molecule has 2 heteroatoms. The number of hydrogen-bond acceptors (Lipinski definition) is 1. The van der Waals surface area contributed by atoms with Crippen molar-refractivity contribution in [2.24, 2.45) is 0 Å². The van der Waals surface area contributed by atoms with E-state index in [4.69, 9.17) is 11.6 Å². The van der Waals surface area contributed by atoms with Gasteiger partial charge in [0.1, 0.15) is 0 Å². The molecule has 1 N–H and O–H groups in total. The van der Waals surface area contributed by atoms with E-state index in [0.29, 0.717) is 6.04 Å². The van der Waals surface area contributed by atoms with Gasteiger partial charge in [-0.1, -0.05) is 47.5 Å². The molecule has 0 heterocycles. The van der Waals surface area contributed by atoms with Gasteiger partial charge in [0.05, 0.1) is 0 Å². The van der Waals surface area contributed by atoms with E-state index in [-0.39, 0.29) is 0 Å². The van der Waals surface area contributed by atoms with Gasteiger partial charge in [0.2, 0.25) is 0 Å². The van der Waals surface area contributed by atoms with Crippen molar-refractivity contribution in [2.45, 2.75) is 26.3 Å². The van der Waals surface area contributed by atoms with Gasteiger partial charge >= 0.3 is 0 Å². The summed E-state index contributed by atoms with van der Waals surface area (Å²) in [6.07, 6.45) is 0.970. The van der Waals surface area contributed by atoms with Crippen molar-refractivity contribution in [3.8, 4) is 0 Å². The quantitative estimate of drug-likeness (QED) is 0.867. The molecule has 0 saturated heterocycles. The molecule has 0 amide bonds. The van der Waals surface area contributed by atoms with Crippen LogP contribution < -0.4 is 5.32 Å². The van der Waals surface area contributed by atoms with Crippen molar-refractivity contribution < 1.29 is 0 Å². The Morgan fingerprint density at radius 1 is 1.05 bits per heavy atom. The van der Waals surface area contributed by atoms with Crippen molar-refractivity contribution in [3.63, 3.8) is 0 Å². The number of likely N-dealkylation sites (N-methyl/N-ethyl adjacent to an activating group) is 1. The molecule has 0 fully saturated rings. The molecule has 0 aliphatic carbocycles. The van der Waals surface area contributed by atoms with E-state index in [1.165, 1.54) is 22.3 Å². The first kappa shape index (κ1) is 14.1. The number of nitrogens with one attached hydrogen (secondary N) is 1. The minimum atomic E-state index is 0.293. The van der Waals surface area contributed by atoms with Crippen LogP contribution in [0.25, 0.3) is 0 Å². The second-order valence-electron chi connectivity index (χ2n) is 5.03. The highest BCUT2D eigenvalue weighted by Gasteiger charge is 2.13. The summed E-state index contributed by atoms with van der Waals surface area (Å²) >= 11 is 6.11. The van der Waals surface area contributed by atoms with E-state index < -0.39 is 0 Å². The van der Waals surface area contributed by atoms with Crippen molar-refractivity contribution in [3.05, 3.63) is 69.7 Å². The van der Waals surface area contributed by atoms with E-state index in [1.54, 1.807) is 0 Å². The molecule has 1 nitrogen and oxygen atoms in total. The maximum Gasteiger partial charge on any atom is 0.0409 e. The van der Waals surface area contributed by atoms with Gasteiger partial charge in [-0.3, -0.25) is 0 Å². The lowest BCUT2D eigenvalue weighted by Gasteiger charge is -2.19. The lowest BCUT2D eigenvalue weighted by atomic mass is 9.95. The molecule has 2 aromatic carbocycles. The smallest absolute Gasteiger partial charge is 0.0409 e. The third kappa shape index (κ3) is 3.59. The first-order valence-electron chi connectivity index (χ1n) is 6.59. The third-order valence-electron chi connectivity index (χ3n) is 3.53. The SMILES string of the molecule is CNC(Cc1ccc(C)cc1)c1cc(Cl)ccc1C. The zero-order valence-electron chi connectivity index (χ0n) is 11.7. The number of aryl methyl sites for hydroxylation is 2. The maximum absolute atomic E-state index is 6.11. The van der Waals surface area contributed by atoms with Crippen LogP contribution in [0.15, 0.2) is 42.5 Å². The van der Waals surface area contributed by atoms with Gasteiger partial charge in [-0.25, -0.2) is 0 Å². The van der Waals surface area contributed by atoms with Gasteiger partial charge in [0, 0.05) is 11.1 Å². The van der Waals surface area contributed by atoms with Crippen LogP contribution >= 0.6 is 11.6 Å². The van der Waals surface area contributed by atoms with Crippen LogP contribution in [-0.4, -0.2) is 7.05 Å². The van der Waals surface area contributed by atoms with Crippen LogP contribution in [0.4, 0.5) is 0 Å². The Hall–Kier alpha value is -1.31. The molecule has 1 unspecified atom stereocenters. The van der Waals surface area contributed by atoms with E-state index in [2.05, 4.69) is 55.6 Å². The highest BCUT2D eigenvalue weighted by atomic mass is 35.5. The number of halogens is 1. The van der Waals surface area contributed by atoms with Crippen molar-refractivity contribution >= 4 is 11.6 Å². The minimum absolute atomic E-state index is 0.293. The largest absolute Gasteiger partial charge is 0.313 e. The molecular weight excluding hydrogens is 254 g/mol. The Morgan fingerprint density at radius 2 is 1.74 bits per heavy atom. The summed E-state index contributed by atoms with van der Waals surface area (Å²) < 4.78 is 0. The fourth-order valence-corrected chi connectivity index (χ4v) is 2.49. The van der Waals surface area contributed by atoms with Gasteiger partial charge in [-0.2, -0.15) is 0 Å². The maximum atomic E-state index is 6.11. The zero-order chi connectivity index (χ0) is 13.8. The summed E-state index contributed by atoms with van der Waals surface area (Å²) in [6.45, 7) is 4.24. The molecule has 2 aromatic rings. The van der Waals surface area contributed by atoms with Crippen molar-refractivity contribution in [2.75, 3.05) is 7.05 Å². The first-order chi connectivity index (χ1) is 9.10. The van der Waals surface area contributed by atoms with Crippen LogP contribution in [0.1, 0.15) is 28.3 Å². The highest BCUT2D eigenvalue weighted by molar-refractivity contribution is 6.30. The third-order valence-corrected chi connectivity index (χ3v) is 3.76. The van der Waals surface area contributed by atoms with Crippen molar-refractivity contribution in [1.82, 2.24) is 5.32 Å². The van der Waals surface area contributed by atoms with Gasteiger partial charge in [-0.15, -0.1) is 0 Å². The molecule has 0 radical (unpaired) electrons. The second kappa shape index (κ2) is 6.23. The molecule has 0 bridgehead atoms. The Labute approximate surface area is 120 Å². The number of benzene rings is 2. The molecule has 0 spiro atoms. The molecule has 19 heavy (non-hydrogen) atoms. The number of hydrogen-bond donors (Lipinski definition) is 1. The van der Waals surface area contributed by atoms with Gasteiger partial charge in [-0.05, 0) is 56.1 Å². The summed E-state index contributed by atoms with van der Waals surface area (Å²) in [7, 11) is 2.00. The predicted octanol–water partition coefficient (Wildman–Crippen LogP) is 4.46. The first-order valence-corrected chi connectivity index (χ1v) is 6.97. The standard InChI is InChI=1S/C17H20ClN/c1-12-4-7-14(8-5-12)10-17(19-3)16-11-15(18)9-6-13(16)2/h4-9,11,17,19H,10H2,1-3H3. The van der Waals surface area contributed by atoms with Crippen LogP contribution in [0, 0.1) is 13.8 Å². The monoisotopic (exact) mass is 273 g/mol. The average Bonchev–Trinajstić information content (AvgIpc) is 2.41. The number of rotatable bonds is 4. The van der Waals surface area contributed by atoms with Gasteiger partial charge in [0.25, 0.3) is 0 Å². The molecule has 0 aliphatic rings. The minimum Gasteiger partial charge on any atom is -0.313 e. The molecule has 0 aromatic heterocycles. The van der Waals surface area contributed by atoms with E-state index in [0.717, 1.165) is 11.4 Å². The lowest BCUT2D eigenvalue weighted by Crippen LogP contribution is -2.19. The molecule has 1 atom stereocenters. The molecule has 2 rings (SSSR count). The van der Waals surface area contributed by atoms with Crippen LogP contribution in [-0.2, 0) is 6.42 Å². The Morgan fingerprint density at radius 3 is 2.37 bits per heavy atom. The van der Waals surface area contributed by atoms with Gasteiger partial charge < -0.3 is 5.32 Å². The lowest BCUT2D eigenvalue weighted by molar-refractivity contribution is 0.589. The molecule has 0 aliphatic heterocycles. The average molecular weight is 274 g/mol. The zero-order valence-corrected chi connectivity index (χ0v) is 12.5. The Kier molecular flexibility index (Phi) is 4.62. The summed E-state index contributed by atoms with van der Waals surface area (Å²) in [6, 6.07) is 15.1. The Bertz CT molecular complexity index is 546. The fraction of sp³-hybridized carbons (Fsp3) is 0.294.